The molecule has 1 aromatic carbocycles. The van der Waals surface area contributed by atoms with Gasteiger partial charge in [0.05, 0.1) is 13.2 Å². The van der Waals surface area contributed by atoms with Crippen molar-refractivity contribution in [3.63, 3.8) is 0 Å². The van der Waals surface area contributed by atoms with Gasteiger partial charge in [-0.05, 0) is 38.1 Å². The topological polar surface area (TPSA) is 24.5 Å². The number of rotatable bonds is 7. The second-order valence-corrected chi connectivity index (χ2v) is 5.16. The van der Waals surface area contributed by atoms with E-state index in [1.807, 2.05) is 0 Å². The van der Waals surface area contributed by atoms with E-state index in [2.05, 4.69) is 48.6 Å². The Morgan fingerprint density at radius 3 is 2.94 bits per heavy atom. The minimum absolute atomic E-state index is 0.527. The summed E-state index contributed by atoms with van der Waals surface area (Å²) in [6, 6.07) is 9.27. The molecule has 1 aromatic rings. The van der Waals surface area contributed by atoms with Gasteiger partial charge >= 0.3 is 0 Å². The number of hydrogen-bond acceptors (Lipinski definition) is 3. The van der Waals surface area contributed by atoms with Gasteiger partial charge in [-0.3, -0.25) is 0 Å². The molecule has 3 heteroatoms. The van der Waals surface area contributed by atoms with Crippen molar-refractivity contribution in [3.8, 4) is 0 Å². The van der Waals surface area contributed by atoms with Crippen LogP contribution in [0.2, 0.25) is 0 Å². The van der Waals surface area contributed by atoms with Gasteiger partial charge in [-0.15, -0.1) is 0 Å². The van der Waals surface area contributed by atoms with Crippen LogP contribution in [-0.2, 0) is 11.2 Å². The molecule has 0 spiro atoms. The number of ether oxygens (including phenoxy) is 1. The van der Waals surface area contributed by atoms with Crippen LogP contribution in [0.1, 0.15) is 23.6 Å². The average molecular weight is 248 g/mol. The Morgan fingerprint density at radius 1 is 1.28 bits per heavy atom. The summed E-state index contributed by atoms with van der Waals surface area (Å²) >= 11 is 0. The monoisotopic (exact) mass is 248 g/mol. The molecule has 0 saturated carbocycles. The van der Waals surface area contributed by atoms with Gasteiger partial charge in [0, 0.05) is 19.1 Å². The standard InChI is InChI=1S/C15H24N2O/c1-17(2)10-12-18-11-9-16-15-8-7-13-5-3-4-6-14(13)15/h3-6,15-16H,7-12H2,1-2H3. The second-order valence-electron chi connectivity index (χ2n) is 5.16. The van der Waals surface area contributed by atoms with E-state index in [0.717, 1.165) is 26.3 Å². The summed E-state index contributed by atoms with van der Waals surface area (Å²) in [6.07, 6.45) is 2.42. The van der Waals surface area contributed by atoms with Crippen molar-refractivity contribution in [2.45, 2.75) is 18.9 Å². The van der Waals surface area contributed by atoms with Gasteiger partial charge in [-0.25, -0.2) is 0 Å². The van der Waals surface area contributed by atoms with Crippen molar-refractivity contribution < 1.29 is 4.74 Å². The zero-order chi connectivity index (χ0) is 12.8. The highest BCUT2D eigenvalue weighted by atomic mass is 16.5. The van der Waals surface area contributed by atoms with Crippen LogP contribution in [0.15, 0.2) is 24.3 Å². The van der Waals surface area contributed by atoms with Crippen molar-refractivity contribution in [3.05, 3.63) is 35.4 Å². The molecule has 0 fully saturated rings. The molecule has 0 aliphatic heterocycles. The maximum atomic E-state index is 5.59. The fourth-order valence-corrected chi connectivity index (χ4v) is 2.42. The van der Waals surface area contributed by atoms with Crippen LogP contribution in [0, 0.1) is 0 Å². The number of nitrogens with one attached hydrogen (secondary N) is 1. The maximum absolute atomic E-state index is 5.59. The average Bonchev–Trinajstić information content (AvgIpc) is 2.77. The molecule has 100 valence electrons. The maximum Gasteiger partial charge on any atom is 0.0593 e. The third-order valence-electron chi connectivity index (χ3n) is 3.45. The lowest BCUT2D eigenvalue weighted by atomic mass is 10.1. The van der Waals surface area contributed by atoms with E-state index >= 15 is 0 Å². The number of hydrogen-bond donors (Lipinski definition) is 1. The Kier molecular flexibility index (Phi) is 5.17. The minimum atomic E-state index is 0.527. The van der Waals surface area contributed by atoms with Gasteiger partial charge in [0.25, 0.3) is 0 Å². The summed E-state index contributed by atoms with van der Waals surface area (Å²) in [5.74, 6) is 0. The Balaban J connectivity index is 1.64. The van der Waals surface area contributed by atoms with Crippen molar-refractivity contribution in [1.82, 2.24) is 10.2 Å². The van der Waals surface area contributed by atoms with Crippen molar-refractivity contribution in [2.24, 2.45) is 0 Å². The lowest BCUT2D eigenvalue weighted by molar-refractivity contribution is 0.117. The lowest BCUT2D eigenvalue weighted by Crippen LogP contribution is -2.25. The highest BCUT2D eigenvalue weighted by Crippen LogP contribution is 2.30. The number of nitrogens with zero attached hydrogens (tertiary/aromatic N) is 1. The quantitative estimate of drug-likeness (QED) is 0.745. The van der Waals surface area contributed by atoms with Crippen molar-refractivity contribution in [1.29, 1.82) is 0 Å². The summed E-state index contributed by atoms with van der Waals surface area (Å²) in [5.41, 5.74) is 2.98. The van der Waals surface area contributed by atoms with Crippen LogP contribution in [0.4, 0.5) is 0 Å². The first-order valence-electron chi connectivity index (χ1n) is 6.81. The van der Waals surface area contributed by atoms with Crippen LogP contribution in [0.25, 0.3) is 0 Å². The normalized spacial score (nSPS) is 18.3. The highest BCUT2D eigenvalue weighted by molar-refractivity contribution is 5.34. The molecule has 1 atom stereocenters. The van der Waals surface area contributed by atoms with E-state index < -0.39 is 0 Å². The zero-order valence-corrected chi connectivity index (χ0v) is 11.5. The molecule has 0 aromatic heterocycles. The number of aryl methyl sites for hydroxylation is 1. The van der Waals surface area contributed by atoms with Crippen LogP contribution in [-0.4, -0.2) is 45.3 Å². The Hall–Kier alpha value is -0.900. The van der Waals surface area contributed by atoms with E-state index in [-0.39, 0.29) is 0 Å². The van der Waals surface area contributed by atoms with E-state index in [0.29, 0.717) is 6.04 Å². The first kappa shape index (κ1) is 13.5. The second kappa shape index (κ2) is 6.88. The van der Waals surface area contributed by atoms with Gasteiger partial charge < -0.3 is 15.0 Å². The number of fused-ring (bicyclic) bond motifs is 1. The summed E-state index contributed by atoms with van der Waals surface area (Å²) in [5, 5.41) is 3.59. The molecule has 0 radical (unpaired) electrons. The van der Waals surface area contributed by atoms with Gasteiger partial charge in [0.2, 0.25) is 0 Å². The summed E-state index contributed by atoms with van der Waals surface area (Å²) in [6.45, 7) is 3.54. The van der Waals surface area contributed by atoms with E-state index in [1.165, 1.54) is 24.0 Å². The molecule has 0 saturated heterocycles. The van der Waals surface area contributed by atoms with E-state index in [1.54, 1.807) is 0 Å². The largest absolute Gasteiger partial charge is 0.379 e. The fourth-order valence-electron chi connectivity index (χ4n) is 2.42. The molecule has 1 aliphatic rings. The number of benzene rings is 1. The van der Waals surface area contributed by atoms with E-state index in [9.17, 15) is 0 Å². The molecule has 0 heterocycles. The molecule has 2 rings (SSSR count). The summed E-state index contributed by atoms with van der Waals surface area (Å²) < 4.78 is 5.59. The summed E-state index contributed by atoms with van der Waals surface area (Å²) in [4.78, 5) is 2.14. The third kappa shape index (κ3) is 3.80. The first-order valence-corrected chi connectivity index (χ1v) is 6.81. The Bertz CT molecular complexity index is 365. The predicted octanol–water partition coefficient (Wildman–Crippen LogP) is 1.84. The van der Waals surface area contributed by atoms with Gasteiger partial charge in [-0.1, -0.05) is 24.3 Å². The van der Waals surface area contributed by atoms with Crippen LogP contribution in [0.5, 0.6) is 0 Å². The van der Waals surface area contributed by atoms with Crippen molar-refractivity contribution >= 4 is 0 Å². The van der Waals surface area contributed by atoms with Crippen LogP contribution in [0.3, 0.4) is 0 Å². The first-order chi connectivity index (χ1) is 8.77. The smallest absolute Gasteiger partial charge is 0.0593 e. The van der Waals surface area contributed by atoms with Crippen molar-refractivity contribution in [2.75, 3.05) is 40.4 Å². The molecule has 0 amide bonds. The van der Waals surface area contributed by atoms with Gasteiger partial charge in [0.15, 0.2) is 0 Å². The molecule has 0 bridgehead atoms. The zero-order valence-electron chi connectivity index (χ0n) is 11.5. The third-order valence-corrected chi connectivity index (χ3v) is 3.45. The molecule has 3 nitrogen and oxygen atoms in total. The highest BCUT2D eigenvalue weighted by Gasteiger charge is 2.20. The lowest BCUT2D eigenvalue weighted by Gasteiger charge is -2.14. The number of likely N-dealkylation sites (N-methyl/N-ethyl adjacent to an activating group) is 1. The Morgan fingerprint density at radius 2 is 2.11 bits per heavy atom. The Labute approximate surface area is 110 Å². The summed E-state index contributed by atoms with van der Waals surface area (Å²) in [7, 11) is 4.13. The predicted molar refractivity (Wildman–Crippen MR) is 74.9 cm³/mol. The van der Waals surface area contributed by atoms with E-state index in [4.69, 9.17) is 4.74 Å². The van der Waals surface area contributed by atoms with Crippen LogP contribution < -0.4 is 5.32 Å². The molecule has 1 aliphatic carbocycles. The molecule has 1 unspecified atom stereocenters. The van der Waals surface area contributed by atoms with Gasteiger partial charge in [0.1, 0.15) is 0 Å². The molecular formula is C15H24N2O. The SMILES string of the molecule is CN(C)CCOCCNC1CCc2ccccc21. The molecular weight excluding hydrogens is 224 g/mol. The molecule has 1 N–H and O–H groups in total. The molecule has 18 heavy (non-hydrogen) atoms. The van der Waals surface area contributed by atoms with Crippen LogP contribution >= 0.6 is 0 Å². The minimum Gasteiger partial charge on any atom is -0.379 e. The fraction of sp³-hybridized carbons (Fsp3) is 0.600. The van der Waals surface area contributed by atoms with Gasteiger partial charge in [-0.2, -0.15) is 0 Å².